The quantitative estimate of drug-likeness (QED) is 0.575. The summed E-state index contributed by atoms with van der Waals surface area (Å²) in [6, 6.07) is 8.44. The van der Waals surface area contributed by atoms with Crippen molar-refractivity contribution < 1.29 is 9.66 Å². The molecule has 1 spiro atoms. The zero-order valence-electron chi connectivity index (χ0n) is 10.8. The van der Waals surface area contributed by atoms with Gasteiger partial charge in [-0.15, -0.1) is 0 Å². The highest BCUT2D eigenvalue weighted by Gasteiger charge is 2.40. The van der Waals surface area contributed by atoms with Gasteiger partial charge in [-0.1, -0.05) is 24.3 Å². The summed E-state index contributed by atoms with van der Waals surface area (Å²) in [7, 11) is 0. The molecule has 0 saturated heterocycles. The SMILES string of the molecule is O=[N+]([O-])C=C1CCC2(CC1)OCCc1ccccc12. The van der Waals surface area contributed by atoms with Crippen LogP contribution in [0.4, 0.5) is 0 Å². The van der Waals surface area contributed by atoms with E-state index < -0.39 is 0 Å². The Labute approximate surface area is 112 Å². The van der Waals surface area contributed by atoms with E-state index in [0.717, 1.165) is 44.3 Å². The smallest absolute Gasteiger partial charge is 0.233 e. The van der Waals surface area contributed by atoms with Gasteiger partial charge in [0.1, 0.15) is 0 Å². The summed E-state index contributed by atoms with van der Waals surface area (Å²) in [5.74, 6) is 0. The Morgan fingerprint density at radius 1 is 1.21 bits per heavy atom. The topological polar surface area (TPSA) is 52.4 Å². The highest BCUT2D eigenvalue weighted by atomic mass is 16.6. The highest BCUT2D eigenvalue weighted by Crippen LogP contribution is 2.45. The highest BCUT2D eigenvalue weighted by molar-refractivity contribution is 5.35. The van der Waals surface area contributed by atoms with E-state index >= 15 is 0 Å². The third-order valence-electron chi connectivity index (χ3n) is 4.25. The number of nitrogens with zero attached hydrogens (tertiary/aromatic N) is 1. The maximum atomic E-state index is 10.5. The normalized spacial score (nSPS) is 26.0. The minimum atomic E-state index is -0.344. The second kappa shape index (κ2) is 4.78. The van der Waals surface area contributed by atoms with Crippen molar-refractivity contribution >= 4 is 0 Å². The molecule has 4 heteroatoms. The van der Waals surface area contributed by atoms with Crippen LogP contribution in [0, 0.1) is 10.1 Å². The lowest BCUT2D eigenvalue weighted by Crippen LogP contribution is -2.37. The molecule has 1 aromatic carbocycles. The molecule has 1 heterocycles. The molecule has 0 radical (unpaired) electrons. The fourth-order valence-corrected chi connectivity index (χ4v) is 3.28. The Balaban J connectivity index is 1.86. The number of fused-ring (bicyclic) bond motifs is 2. The minimum Gasteiger partial charge on any atom is -0.370 e. The third kappa shape index (κ3) is 2.28. The van der Waals surface area contributed by atoms with Crippen LogP contribution in [0.1, 0.15) is 36.8 Å². The number of hydrogen-bond acceptors (Lipinski definition) is 3. The first kappa shape index (κ1) is 12.4. The molecule has 0 bridgehead atoms. The Morgan fingerprint density at radius 3 is 2.68 bits per heavy atom. The number of ether oxygens (including phenoxy) is 1. The second-order valence-corrected chi connectivity index (χ2v) is 5.32. The first-order valence-corrected chi connectivity index (χ1v) is 6.75. The van der Waals surface area contributed by atoms with Gasteiger partial charge in [-0.2, -0.15) is 0 Å². The Kier molecular flexibility index (Phi) is 3.11. The average molecular weight is 259 g/mol. The Morgan fingerprint density at radius 2 is 1.95 bits per heavy atom. The first-order chi connectivity index (χ1) is 9.20. The molecule has 0 amide bonds. The first-order valence-electron chi connectivity index (χ1n) is 6.75. The van der Waals surface area contributed by atoms with Gasteiger partial charge in [0.15, 0.2) is 0 Å². The van der Waals surface area contributed by atoms with Crippen LogP contribution in [0.25, 0.3) is 0 Å². The predicted molar refractivity (Wildman–Crippen MR) is 71.3 cm³/mol. The van der Waals surface area contributed by atoms with Crippen LogP contribution in [0.2, 0.25) is 0 Å². The molecule has 1 aromatic rings. The number of nitro groups is 1. The summed E-state index contributed by atoms with van der Waals surface area (Å²) in [6.45, 7) is 0.755. The van der Waals surface area contributed by atoms with Crippen molar-refractivity contribution in [2.75, 3.05) is 6.61 Å². The van der Waals surface area contributed by atoms with Gasteiger partial charge in [-0.3, -0.25) is 10.1 Å². The minimum absolute atomic E-state index is 0.206. The van der Waals surface area contributed by atoms with Gasteiger partial charge in [-0.05, 0) is 48.8 Å². The number of rotatable bonds is 1. The molecule has 1 saturated carbocycles. The Bertz CT molecular complexity index is 526. The standard InChI is InChI=1S/C15H17NO3/c17-16(18)11-12-5-8-15(9-6-12)14-4-2-1-3-13(14)7-10-19-15/h1-4,11H,5-10H2. The van der Waals surface area contributed by atoms with Crippen molar-refractivity contribution in [3.05, 3.63) is 57.3 Å². The van der Waals surface area contributed by atoms with Gasteiger partial charge in [-0.25, -0.2) is 0 Å². The summed E-state index contributed by atoms with van der Waals surface area (Å²) in [5, 5.41) is 10.5. The van der Waals surface area contributed by atoms with Gasteiger partial charge in [0.2, 0.25) is 6.20 Å². The lowest BCUT2D eigenvalue weighted by atomic mass is 9.74. The molecular weight excluding hydrogens is 242 g/mol. The number of allylic oxidation sites excluding steroid dienone is 1. The van der Waals surface area contributed by atoms with E-state index in [1.165, 1.54) is 17.3 Å². The van der Waals surface area contributed by atoms with E-state index in [9.17, 15) is 10.1 Å². The molecule has 1 aliphatic heterocycles. The molecule has 4 nitrogen and oxygen atoms in total. The molecule has 0 aromatic heterocycles. The average Bonchev–Trinajstić information content (AvgIpc) is 2.42. The molecule has 3 rings (SSSR count). The lowest BCUT2D eigenvalue weighted by molar-refractivity contribution is -0.403. The largest absolute Gasteiger partial charge is 0.370 e. The van der Waals surface area contributed by atoms with Gasteiger partial charge in [0, 0.05) is 0 Å². The molecular formula is C15H17NO3. The molecule has 2 aliphatic rings. The van der Waals surface area contributed by atoms with Crippen molar-refractivity contribution in [3.63, 3.8) is 0 Å². The monoisotopic (exact) mass is 259 g/mol. The molecule has 0 atom stereocenters. The summed E-state index contributed by atoms with van der Waals surface area (Å²) < 4.78 is 6.09. The Hall–Kier alpha value is -1.68. The maximum absolute atomic E-state index is 10.5. The van der Waals surface area contributed by atoms with Gasteiger partial charge in [0.25, 0.3) is 0 Å². The van der Waals surface area contributed by atoms with Crippen molar-refractivity contribution in [1.82, 2.24) is 0 Å². The van der Waals surface area contributed by atoms with Crippen molar-refractivity contribution in [2.45, 2.75) is 37.7 Å². The second-order valence-electron chi connectivity index (χ2n) is 5.32. The molecule has 1 fully saturated rings. The van der Waals surface area contributed by atoms with E-state index in [2.05, 4.69) is 24.3 Å². The zero-order chi connectivity index (χ0) is 13.3. The summed E-state index contributed by atoms with van der Waals surface area (Å²) in [6.07, 6.45) is 5.36. The molecule has 0 unspecified atom stereocenters. The maximum Gasteiger partial charge on any atom is 0.233 e. The van der Waals surface area contributed by atoms with Gasteiger partial charge in [0.05, 0.1) is 17.1 Å². The van der Waals surface area contributed by atoms with Crippen LogP contribution < -0.4 is 0 Å². The predicted octanol–water partition coefficient (Wildman–Crippen LogP) is 3.19. The fraction of sp³-hybridized carbons (Fsp3) is 0.467. The van der Waals surface area contributed by atoms with Crippen molar-refractivity contribution in [1.29, 1.82) is 0 Å². The van der Waals surface area contributed by atoms with Crippen molar-refractivity contribution in [2.24, 2.45) is 0 Å². The van der Waals surface area contributed by atoms with E-state index in [0.29, 0.717) is 0 Å². The summed E-state index contributed by atoms with van der Waals surface area (Å²) >= 11 is 0. The van der Waals surface area contributed by atoms with Crippen LogP contribution in [-0.2, 0) is 16.8 Å². The zero-order valence-corrected chi connectivity index (χ0v) is 10.8. The van der Waals surface area contributed by atoms with Crippen LogP contribution in [0.5, 0.6) is 0 Å². The lowest BCUT2D eigenvalue weighted by Gasteiger charge is -2.42. The molecule has 1 aliphatic carbocycles. The number of hydrogen-bond donors (Lipinski definition) is 0. The third-order valence-corrected chi connectivity index (χ3v) is 4.25. The van der Waals surface area contributed by atoms with Crippen LogP contribution >= 0.6 is 0 Å². The van der Waals surface area contributed by atoms with Crippen LogP contribution in [0.15, 0.2) is 36.0 Å². The van der Waals surface area contributed by atoms with E-state index in [1.54, 1.807) is 0 Å². The van der Waals surface area contributed by atoms with E-state index in [-0.39, 0.29) is 10.5 Å². The van der Waals surface area contributed by atoms with E-state index in [1.807, 2.05) is 0 Å². The van der Waals surface area contributed by atoms with E-state index in [4.69, 9.17) is 4.74 Å². The fourth-order valence-electron chi connectivity index (χ4n) is 3.28. The van der Waals surface area contributed by atoms with Crippen LogP contribution in [-0.4, -0.2) is 11.5 Å². The molecule has 0 N–H and O–H groups in total. The molecule has 19 heavy (non-hydrogen) atoms. The molecule has 100 valence electrons. The van der Waals surface area contributed by atoms with Crippen LogP contribution in [0.3, 0.4) is 0 Å². The summed E-state index contributed by atoms with van der Waals surface area (Å²) in [4.78, 5) is 10.2. The van der Waals surface area contributed by atoms with Gasteiger partial charge >= 0.3 is 0 Å². The van der Waals surface area contributed by atoms with Crippen molar-refractivity contribution in [3.8, 4) is 0 Å². The van der Waals surface area contributed by atoms with Gasteiger partial charge < -0.3 is 4.74 Å². The summed E-state index contributed by atoms with van der Waals surface area (Å²) in [5.41, 5.74) is 3.39. The number of benzene rings is 1.